The van der Waals surface area contributed by atoms with Gasteiger partial charge in [0.15, 0.2) is 22.1 Å². The van der Waals surface area contributed by atoms with Crippen LogP contribution in [0.25, 0.3) is 0 Å². The molecule has 0 aliphatic heterocycles. The molecule has 0 radical (unpaired) electrons. The van der Waals surface area contributed by atoms with Gasteiger partial charge in [-0.05, 0) is 252 Å². The topological polar surface area (TPSA) is 290 Å². The summed E-state index contributed by atoms with van der Waals surface area (Å²) >= 11 is 21.4. The molecule has 23 nitrogen and oxygen atoms in total. The Balaban J connectivity index is 0.000000197. The van der Waals surface area contributed by atoms with Crippen LogP contribution >= 0.6 is 50.7 Å². The number of hydrogen-bond acceptors (Lipinski definition) is 19. The molecule has 12 rings (SSSR count). The molecular formula is C92H99BBrCl3N6O17. The van der Waals surface area contributed by atoms with Crippen molar-refractivity contribution in [2.75, 3.05) is 55.4 Å². The minimum atomic E-state index is -1.04. The highest BCUT2D eigenvalue weighted by Crippen LogP contribution is 2.42. The van der Waals surface area contributed by atoms with Crippen LogP contribution in [0.2, 0.25) is 20.9 Å². The number of Topliss-reactive ketones (excluding diaryl/α,β-unsaturated/α-hetero) is 3. The van der Waals surface area contributed by atoms with E-state index in [1.807, 2.05) is 99.2 Å². The number of hydrogen-bond donors (Lipinski definition) is 3. The first kappa shape index (κ1) is 93.5. The van der Waals surface area contributed by atoms with E-state index >= 15 is 0 Å². The molecule has 3 aromatic heterocycles. The minimum Gasteiger partial charge on any atom is -0.492 e. The quantitative estimate of drug-likeness (QED) is 0.0149. The molecule has 3 N–H and O–H groups in total. The normalized spacial score (nSPS) is 12.8. The van der Waals surface area contributed by atoms with Crippen LogP contribution in [0, 0.1) is 35.5 Å². The summed E-state index contributed by atoms with van der Waals surface area (Å²) in [6, 6.07) is 42.1. The number of carbonyl (C=O) groups is 6. The van der Waals surface area contributed by atoms with Gasteiger partial charge in [0.05, 0.1) is 50.5 Å². The maximum Gasteiger partial charge on any atom is 0.454 e. The zero-order valence-electron chi connectivity index (χ0n) is 69.1. The highest BCUT2D eigenvalue weighted by Gasteiger charge is 2.36. The maximum atomic E-state index is 13.7. The first-order valence-electron chi connectivity index (χ1n) is 39.3. The number of imidazole rings is 3. The number of esters is 2. The lowest BCUT2D eigenvalue weighted by molar-refractivity contribution is 0.0592. The van der Waals surface area contributed by atoms with E-state index in [9.17, 15) is 28.8 Å². The van der Waals surface area contributed by atoms with E-state index in [-0.39, 0.29) is 48.0 Å². The fraction of sp³-hybridized carbons (Fsp3) is 0.380. The highest BCUT2D eigenvalue weighted by molar-refractivity contribution is 9.10. The molecule has 3 heterocycles. The average molecular weight is 1760 g/mol. The van der Waals surface area contributed by atoms with Crippen molar-refractivity contribution in [1.29, 1.82) is 0 Å². The molecule has 3 aliphatic carbocycles. The van der Waals surface area contributed by atoms with Gasteiger partial charge in [-0.25, -0.2) is 29.3 Å². The standard InChI is InChI=1S/C31H33ClN2O5.C30H31ClN2O5.C28H28BrClN2O5.C3H7BO2/c1-31(2,38-4)18-17-26-28(27(35)16-7-21-5-8-23(9-6-21)30(36)37-3)34(29(33-26)22-10-11-22)19-20-39-25-14-12-24(32)13-15-25;1-30(2,37-3)17-16-25-27(26(34)15-6-20-4-7-22(8-5-20)29(35)36)33(28(32-25)21-9-10-21)18-19-38-24-13-11-23(31)12-14-24;1-28(2,36-4)16-15-23-25(24(33)14-7-19-5-8-20(9-6-19)26(34)35-3)32(27(29)31-23)17-18-37-22-12-10-21(30)11-13-22;5-4(6)3-1-2-3/h5-6,8-9,12-15,22H,7,10-11,16,19-20H2,1-4H3;4-5,7-8,11-14,21H,6,9-10,15,18-19H2,1-3H3,(H,35,36);5-6,8-13H,7,14,17-18H2,1-4H3;3,5-6H,1-2H2. The number of carboxylic acid groups (broad SMARTS) is 1. The van der Waals surface area contributed by atoms with Crippen LogP contribution < -0.4 is 14.2 Å². The molecule has 0 unspecified atom stereocenters. The summed E-state index contributed by atoms with van der Waals surface area (Å²) in [7, 11) is 6.43. The maximum absolute atomic E-state index is 13.7. The van der Waals surface area contributed by atoms with Gasteiger partial charge in [0.1, 0.15) is 99.7 Å². The Morgan fingerprint density at radius 3 is 0.992 bits per heavy atom. The number of rotatable bonds is 33. The van der Waals surface area contributed by atoms with Crippen LogP contribution in [-0.4, -0.2) is 158 Å². The third kappa shape index (κ3) is 28.7. The number of carboxylic acids is 1. The van der Waals surface area contributed by atoms with Gasteiger partial charge in [-0.2, -0.15) is 0 Å². The molecule has 0 bridgehead atoms. The minimum absolute atomic E-state index is 0.0440. The lowest BCUT2D eigenvalue weighted by atomic mass is 9.84. The van der Waals surface area contributed by atoms with Gasteiger partial charge in [-0.3, -0.25) is 14.4 Å². The van der Waals surface area contributed by atoms with Crippen molar-refractivity contribution in [3.8, 4) is 52.8 Å². The van der Waals surface area contributed by atoms with Gasteiger partial charge in [-0.15, -0.1) is 0 Å². The molecule has 0 spiro atoms. The Kier molecular flexibility index (Phi) is 34.5. The SMILES string of the molecule is COC(=O)c1ccc(CCC(=O)c2c(C#CC(C)(C)OC)nc(Br)n2CCOc2ccc(Cl)cc2)cc1.COC(=O)c1ccc(CCC(=O)c2c(C#CC(C)(C)OC)nc(C3CC3)n2CCOc2ccc(Cl)cc2)cc1.COC(C)(C)C#Cc1nc(C2CC2)n(CCOc2ccc(Cl)cc2)c1C(=O)CCc1ccc(C(=O)O)cc1.OB(O)C1CC1. The fourth-order valence-corrected chi connectivity index (χ4v) is 12.7. The monoisotopic (exact) mass is 1750 g/mol. The van der Waals surface area contributed by atoms with Crippen molar-refractivity contribution in [3.63, 3.8) is 0 Å². The molecule has 0 atom stereocenters. The molecule has 3 fully saturated rings. The average Bonchev–Trinajstić information content (AvgIpc) is 1.63. The van der Waals surface area contributed by atoms with Crippen molar-refractivity contribution in [2.45, 2.75) is 173 Å². The molecule has 3 saturated carbocycles. The summed E-state index contributed by atoms with van der Waals surface area (Å²) in [6.07, 6.45) is 8.33. The van der Waals surface area contributed by atoms with E-state index in [1.54, 1.807) is 123 Å². The summed E-state index contributed by atoms with van der Waals surface area (Å²) in [4.78, 5) is 89.5. The highest BCUT2D eigenvalue weighted by atomic mass is 79.9. The van der Waals surface area contributed by atoms with Gasteiger partial charge in [0, 0.05) is 67.5 Å². The number of methoxy groups -OCH3 is 5. The Hall–Kier alpha value is -10.3. The number of aromatic carboxylic acids is 1. The van der Waals surface area contributed by atoms with Crippen molar-refractivity contribution < 1.29 is 81.8 Å². The predicted octanol–water partition coefficient (Wildman–Crippen LogP) is 17.0. The fourth-order valence-electron chi connectivity index (χ4n) is 11.8. The second-order valence-electron chi connectivity index (χ2n) is 30.1. The van der Waals surface area contributed by atoms with Crippen LogP contribution in [0.4, 0.5) is 0 Å². The Labute approximate surface area is 724 Å². The lowest BCUT2D eigenvalue weighted by Crippen LogP contribution is -2.19. The van der Waals surface area contributed by atoms with Crippen molar-refractivity contribution in [1.82, 2.24) is 28.7 Å². The largest absolute Gasteiger partial charge is 0.492 e. The van der Waals surface area contributed by atoms with Gasteiger partial charge in [0.2, 0.25) is 0 Å². The zero-order chi connectivity index (χ0) is 86.8. The molecule has 630 valence electrons. The number of benzene rings is 6. The molecule has 0 saturated heterocycles. The summed E-state index contributed by atoms with van der Waals surface area (Å²) in [6.45, 7) is 13.5. The molecule has 0 amide bonds. The van der Waals surface area contributed by atoms with Crippen LogP contribution in [0.1, 0.15) is 219 Å². The molecule has 9 aromatic rings. The van der Waals surface area contributed by atoms with Gasteiger partial charge >= 0.3 is 25.0 Å². The smallest absolute Gasteiger partial charge is 0.454 e. The van der Waals surface area contributed by atoms with Crippen LogP contribution in [-0.2, 0) is 62.6 Å². The zero-order valence-corrected chi connectivity index (χ0v) is 73.0. The van der Waals surface area contributed by atoms with E-state index in [0.29, 0.717) is 153 Å². The summed E-state index contributed by atoms with van der Waals surface area (Å²) in [5, 5.41) is 27.5. The molecule has 28 heteroatoms. The lowest BCUT2D eigenvalue weighted by Gasteiger charge is -2.14. The second-order valence-corrected chi connectivity index (χ2v) is 32.1. The van der Waals surface area contributed by atoms with Gasteiger partial charge in [-0.1, -0.05) is 102 Å². The first-order valence-corrected chi connectivity index (χ1v) is 41.2. The predicted molar refractivity (Wildman–Crippen MR) is 463 cm³/mol. The second kappa shape index (κ2) is 44.3. The number of ketones is 3. The van der Waals surface area contributed by atoms with Crippen LogP contribution in [0.15, 0.2) is 150 Å². The number of aromatic nitrogens is 6. The molecular weight excluding hydrogens is 1660 g/mol. The molecule has 120 heavy (non-hydrogen) atoms. The van der Waals surface area contributed by atoms with Crippen molar-refractivity contribution in [2.24, 2.45) is 0 Å². The Morgan fingerprint density at radius 1 is 0.433 bits per heavy atom. The number of aryl methyl sites for hydroxylation is 3. The van der Waals surface area contributed by atoms with E-state index in [2.05, 4.69) is 56.4 Å². The number of nitrogens with zero attached hydrogens (tertiary/aromatic N) is 6. The number of carbonyl (C=O) groups excluding carboxylic acids is 5. The summed E-state index contributed by atoms with van der Waals surface area (Å²) < 4.78 is 49.7. The van der Waals surface area contributed by atoms with Crippen LogP contribution in [0.5, 0.6) is 17.2 Å². The third-order valence-electron chi connectivity index (χ3n) is 19.7. The van der Waals surface area contributed by atoms with Gasteiger partial charge < -0.3 is 66.8 Å². The molecule has 6 aromatic carbocycles. The van der Waals surface area contributed by atoms with Crippen LogP contribution in [0.3, 0.4) is 0 Å². The summed E-state index contributed by atoms with van der Waals surface area (Å²) in [5.74, 6) is 21.1. The van der Waals surface area contributed by atoms with E-state index in [0.717, 1.165) is 66.9 Å². The summed E-state index contributed by atoms with van der Waals surface area (Å²) in [5.41, 5.74) is 4.51. The van der Waals surface area contributed by atoms with Gasteiger partial charge in [0.25, 0.3) is 0 Å². The Morgan fingerprint density at radius 2 is 0.725 bits per heavy atom. The van der Waals surface area contributed by atoms with E-state index in [4.69, 9.17) is 97.8 Å². The first-order chi connectivity index (χ1) is 57.3. The number of ether oxygens (including phenoxy) is 8. The number of halogens is 4. The van der Waals surface area contributed by atoms with E-state index < -0.39 is 41.8 Å². The third-order valence-corrected chi connectivity index (χ3v) is 21.0. The van der Waals surface area contributed by atoms with Crippen molar-refractivity contribution in [3.05, 3.63) is 245 Å². The molecule has 3 aliphatic rings. The Bertz CT molecular complexity index is 5210. The van der Waals surface area contributed by atoms with Crippen molar-refractivity contribution >= 4 is 93.1 Å². The van der Waals surface area contributed by atoms with E-state index in [1.165, 1.54) is 14.2 Å².